The van der Waals surface area contributed by atoms with Gasteiger partial charge in [0.25, 0.3) is 0 Å². The number of alkyl halides is 3. The fraction of sp³-hybridized carbons (Fsp3) is 0.0952. The van der Waals surface area contributed by atoms with Gasteiger partial charge >= 0.3 is 6.18 Å². The maximum absolute atomic E-state index is 13.4. The molecule has 1 N–H and O–H groups in total. The first-order chi connectivity index (χ1) is 14.9. The van der Waals surface area contributed by atoms with Crippen LogP contribution in [0.25, 0.3) is 22.6 Å². The Morgan fingerprint density at radius 3 is 2.52 bits per heavy atom. The molecular weight excluding hydrogens is 409 g/mol. The largest absolute Gasteiger partial charge is 0.489 e. The summed E-state index contributed by atoms with van der Waals surface area (Å²) >= 11 is 0. The Labute approximate surface area is 174 Å². The SMILES string of the molecule is N#Cc1n[nH]nc1-c1cc(OCc2cccc(-c3ncccn3)c2)cc(C(F)(F)F)c1. The predicted octanol–water partition coefficient (Wildman–Crippen LogP) is 4.40. The summed E-state index contributed by atoms with van der Waals surface area (Å²) in [4.78, 5) is 8.37. The monoisotopic (exact) mass is 422 g/mol. The average molecular weight is 422 g/mol. The van der Waals surface area contributed by atoms with Crippen LogP contribution in [-0.4, -0.2) is 25.4 Å². The van der Waals surface area contributed by atoms with Gasteiger partial charge in [-0.3, -0.25) is 0 Å². The van der Waals surface area contributed by atoms with Gasteiger partial charge in [-0.1, -0.05) is 18.2 Å². The molecule has 2 aromatic heterocycles. The van der Waals surface area contributed by atoms with Crippen molar-refractivity contribution in [2.24, 2.45) is 0 Å². The fourth-order valence-corrected chi connectivity index (χ4v) is 2.91. The van der Waals surface area contributed by atoms with Gasteiger partial charge in [-0.2, -0.15) is 28.7 Å². The molecule has 0 fully saturated rings. The van der Waals surface area contributed by atoms with Crippen LogP contribution in [0.1, 0.15) is 16.8 Å². The molecule has 4 rings (SSSR count). The number of hydrogen-bond acceptors (Lipinski definition) is 6. The lowest BCUT2D eigenvalue weighted by molar-refractivity contribution is -0.137. The van der Waals surface area contributed by atoms with Crippen molar-refractivity contribution >= 4 is 0 Å². The molecule has 0 spiro atoms. The molecule has 0 aliphatic rings. The van der Waals surface area contributed by atoms with Crippen LogP contribution in [0.2, 0.25) is 0 Å². The minimum absolute atomic E-state index is 0.0154. The third-order valence-corrected chi connectivity index (χ3v) is 4.32. The highest BCUT2D eigenvalue weighted by Gasteiger charge is 2.32. The molecule has 0 radical (unpaired) electrons. The highest BCUT2D eigenvalue weighted by molar-refractivity contribution is 5.67. The number of nitriles is 1. The van der Waals surface area contributed by atoms with Crippen molar-refractivity contribution in [3.05, 3.63) is 77.7 Å². The van der Waals surface area contributed by atoms with E-state index in [-0.39, 0.29) is 29.3 Å². The molecule has 2 aromatic carbocycles. The third kappa shape index (κ3) is 4.51. The number of aromatic nitrogens is 5. The third-order valence-electron chi connectivity index (χ3n) is 4.32. The van der Waals surface area contributed by atoms with E-state index in [1.54, 1.807) is 42.7 Å². The minimum atomic E-state index is -4.60. The molecule has 7 nitrogen and oxygen atoms in total. The smallest absolute Gasteiger partial charge is 0.416 e. The lowest BCUT2D eigenvalue weighted by Crippen LogP contribution is -2.06. The molecule has 0 saturated heterocycles. The standard InChI is InChI=1S/C21H13F3N6O/c22-21(23,24)16-8-15(19-18(11-25)28-30-29-19)9-17(10-16)31-12-13-3-1-4-14(7-13)20-26-5-2-6-27-20/h1-10H,12H2,(H,28,29,30). The molecular formula is C21H13F3N6O. The van der Waals surface area contributed by atoms with Crippen molar-refractivity contribution in [1.82, 2.24) is 25.4 Å². The highest BCUT2D eigenvalue weighted by atomic mass is 19.4. The highest BCUT2D eigenvalue weighted by Crippen LogP contribution is 2.36. The number of benzene rings is 2. The quantitative estimate of drug-likeness (QED) is 0.512. The first kappa shape index (κ1) is 20.0. The van der Waals surface area contributed by atoms with Gasteiger partial charge < -0.3 is 4.74 Å². The Balaban J connectivity index is 1.63. The van der Waals surface area contributed by atoms with Crippen LogP contribution in [0, 0.1) is 11.3 Å². The van der Waals surface area contributed by atoms with Crippen molar-refractivity contribution < 1.29 is 17.9 Å². The second-order valence-corrected chi connectivity index (χ2v) is 6.44. The van der Waals surface area contributed by atoms with Crippen LogP contribution >= 0.6 is 0 Å². The van der Waals surface area contributed by atoms with Gasteiger partial charge in [-0.05, 0) is 35.9 Å². The molecule has 31 heavy (non-hydrogen) atoms. The summed E-state index contributed by atoms with van der Waals surface area (Å²) in [6.07, 6.45) is -1.36. The number of halogens is 3. The number of H-pyrrole nitrogens is 1. The lowest BCUT2D eigenvalue weighted by atomic mass is 10.1. The number of aromatic amines is 1. The van der Waals surface area contributed by atoms with Crippen LogP contribution in [0.5, 0.6) is 5.75 Å². The van der Waals surface area contributed by atoms with Crippen molar-refractivity contribution in [3.63, 3.8) is 0 Å². The van der Waals surface area contributed by atoms with Crippen LogP contribution in [0.15, 0.2) is 60.9 Å². The predicted molar refractivity (Wildman–Crippen MR) is 103 cm³/mol. The van der Waals surface area contributed by atoms with E-state index in [0.717, 1.165) is 23.3 Å². The van der Waals surface area contributed by atoms with E-state index in [4.69, 9.17) is 10.00 Å². The number of nitrogens with one attached hydrogen (secondary N) is 1. The summed E-state index contributed by atoms with van der Waals surface area (Å²) in [5.74, 6) is 0.513. The van der Waals surface area contributed by atoms with Crippen molar-refractivity contribution in [2.45, 2.75) is 12.8 Å². The molecule has 0 aliphatic carbocycles. The molecule has 0 unspecified atom stereocenters. The summed E-state index contributed by atoms with van der Waals surface area (Å²) in [6, 6.07) is 13.9. The van der Waals surface area contributed by atoms with E-state index in [1.165, 1.54) is 6.07 Å². The van der Waals surface area contributed by atoms with Crippen LogP contribution in [0.4, 0.5) is 13.2 Å². The summed E-state index contributed by atoms with van der Waals surface area (Å²) in [6.45, 7) is 0.0192. The number of hydrogen-bond donors (Lipinski definition) is 1. The first-order valence-electron chi connectivity index (χ1n) is 8.97. The normalized spacial score (nSPS) is 11.2. The average Bonchev–Trinajstić information content (AvgIpc) is 3.27. The van der Waals surface area contributed by atoms with E-state index in [0.29, 0.717) is 5.82 Å². The van der Waals surface area contributed by atoms with Gasteiger partial charge in [0.15, 0.2) is 11.5 Å². The molecule has 0 aliphatic heterocycles. The van der Waals surface area contributed by atoms with Crippen LogP contribution in [0.3, 0.4) is 0 Å². The maximum atomic E-state index is 13.4. The van der Waals surface area contributed by atoms with E-state index in [2.05, 4.69) is 25.4 Å². The minimum Gasteiger partial charge on any atom is -0.489 e. The van der Waals surface area contributed by atoms with Gasteiger partial charge in [-0.15, -0.1) is 5.10 Å². The van der Waals surface area contributed by atoms with Crippen LogP contribution < -0.4 is 4.74 Å². The molecule has 2 heterocycles. The Morgan fingerprint density at radius 1 is 0.968 bits per heavy atom. The van der Waals surface area contributed by atoms with E-state index in [9.17, 15) is 13.2 Å². The second-order valence-electron chi connectivity index (χ2n) is 6.44. The Morgan fingerprint density at radius 2 is 1.77 bits per heavy atom. The van der Waals surface area contributed by atoms with E-state index in [1.807, 2.05) is 6.07 Å². The summed E-state index contributed by atoms with van der Waals surface area (Å²) in [5, 5.41) is 18.8. The van der Waals surface area contributed by atoms with Gasteiger partial charge in [0.2, 0.25) is 0 Å². The first-order valence-corrected chi connectivity index (χ1v) is 8.97. The van der Waals surface area contributed by atoms with Crippen molar-refractivity contribution in [1.29, 1.82) is 5.26 Å². The summed E-state index contributed by atoms with van der Waals surface area (Å²) in [5.41, 5.74) is 0.540. The Hall–Kier alpha value is -4.26. The molecule has 0 atom stereocenters. The van der Waals surface area contributed by atoms with Gasteiger partial charge in [0.1, 0.15) is 24.1 Å². The molecule has 10 heteroatoms. The number of ether oxygens (including phenoxy) is 1. The number of nitrogens with zero attached hydrogens (tertiary/aromatic N) is 5. The zero-order chi connectivity index (χ0) is 21.8. The van der Waals surface area contributed by atoms with Gasteiger partial charge in [0.05, 0.1) is 5.56 Å². The fourth-order valence-electron chi connectivity index (χ4n) is 2.91. The van der Waals surface area contributed by atoms with E-state index >= 15 is 0 Å². The topological polar surface area (TPSA) is 100 Å². The molecule has 4 aromatic rings. The van der Waals surface area contributed by atoms with Crippen molar-refractivity contribution in [3.8, 4) is 34.5 Å². The molecule has 154 valence electrons. The summed E-state index contributed by atoms with van der Waals surface area (Å²) in [7, 11) is 0. The summed E-state index contributed by atoms with van der Waals surface area (Å²) < 4.78 is 45.8. The molecule has 0 amide bonds. The van der Waals surface area contributed by atoms with Crippen molar-refractivity contribution in [2.75, 3.05) is 0 Å². The van der Waals surface area contributed by atoms with Gasteiger partial charge in [0, 0.05) is 23.5 Å². The Bertz CT molecular complexity index is 1250. The van der Waals surface area contributed by atoms with Gasteiger partial charge in [-0.25, -0.2) is 9.97 Å². The lowest BCUT2D eigenvalue weighted by Gasteiger charge is -2.13. The Kier molecular flexibility index (Phi) is 5.32. The number of rotatable bonds is 5. The molecule has 0 saturated carbocycles. The zero-order valence-corrected chi connectivity index (χ0v) is 15.8. The van der Waals surface area contributed by atoms with E-state index < -0.39 is 11.7 Å². The zero-order valence-electron chi connectivity index (χ0n) is 15.8. The molecule has 0 bridgehead atoms. The van der Waals surface area contributed by atoms with Crippen LogP contribution in [-0.2, 0) is 12.8 Å². The second kappa shape index (κ2) is 8.23. The maximum Gasteiger partial charge on any atom is 0.416 e.